The number of likely N-dealkylation sites (tertiary alicyclic amines) is 1. The first kappa shape index (κ1) is 48.7. The van der Waals surface area contributed by atoms with Gasteiger partial charge >= 0.3 is 5.97 Å². The van der Waals surface area contributed by atoms with Gasteiger partial charge in [-0.3, -0.25) is 33.6 Å². The number of amides is 6. The third kappa shape index (κ3) is 11.1. The molecule has 22 heteroatoms. The van der Waals surface area contributed by atoms with Crippen molar-refractivity contribution in [2.24, 2.45) is 11.7 Å². The quantitative estimate of drug-likeness (QED) is 0.0579. The van der Waals surface area contributed by atoms with Crippen LogP contribution in [0.15, 0.2) is 18.2 Å². The number of fused-ring (bicyclic) bond motifs is 1. The number of nitrogens with one attached hydrogen (secondary N) is 4. The summed E-state index contributed by atoms with van der Waals surface area (Å²) in [6.45, 7) is 5.61. The highest BCUT2D eigenvalue weighted by Crippen LogP contribution is 2.38. The van der Waals surface area contributed by atoms with Crippen LogP contribution in [0.2, 0.25) is 0 Å². The fourth-order valence-electron chi connectivity index (χ4n) is 8.09. The maximum absolute atomic E-state index is 15.1. The highest BCUT2D eigenvalue weighted by atomic mass is 19.2. The van der Waals surface area contributed by atoms with Crippen LogP contribution in [0.5, 0.6) is 11.5 Å². The van der Waals surface area contributed by atoms with Gasteiger partial charge in [0.2, 0.25) is 36.2 Å². The van der Waals surface area contributed by atoms with Gasteiger partial charge < -0.3 is 51.2 Å². The highest BCUT2D eigenvalue weighted by Gasteiger charge is 2.47. The molecule has 5 atom stereocenters. The standard InChI is InChI=1S/C42H50F4N6O12/c1-5-10-22(34(54)39(58)48-16-25(53)50-33(36(47)55)21-13-9-14-24-35(21)63-18-62-24)49-37(56)23-15-20(64-42(2,3)4)17-52(23)40(59)32(19-11-7-6-8-12-19)51-38(57)26-27(41(60)61)29(44)31(46)30(45)28(26)43/h9,13-14,19-20,22-23,32-33H,5-8,10-12,15-18H2,1-4H3,(H2,47,55)(H,48,58)(H,49,56)(H,50,53)(H,51,57)(H,60,61)/t20-,22?,23+,32+,33?/m1/s1. The Morgan fingerprint density at radius 2 is 1.56 bits per heavy atom. The first-order valence-electron chi connectivity index (χ1n) is 20.6. The number of Topliss-reactive ketones (excluding diaryl/α,β-unsaturated/α-hetero) is 1. The minimum Gasteiger partial charge on any atom is -0.478 e. The second-order valence-electron chi connectivity index (χ2n) is 16.6. The van der Waals surface area contributed by atoms with E-state index in [1.54, 1.807) is 39.8 Å². The summed E-state index contributed by atoms with van der Waals surface area (Å²) in [5.41, 5.74) is 1.43. The lowest BCUT2D eigenvalue weighted by Gasteiger charge is -2.35. The van der Waals surface area contributed by atoms with Gasteiger partial charge in [0.1, 0.15) is 23.7 Å². The molecule has 3 aliphatic rings. The van der Waals surface area contributed by atoms with Gasteiger partial charge in [-0.15, -0.1) is 0 Å². The van der Waals surface area contributed by atoms with Gasteiger partial charge in [-0.05, 0) is 52.0 Å². The molecular formula is C42H50F4N6O12. The average Bonchev–Trinajstić information content (AvgIpc) is 3.90. The number of benzene rings is 2. The molecule has 0 radical (unpaired) electrons. The van der Waals surface area contributed by atoms with Crippen LogP contribution < -0.4 is 36.5 Å². The van der Waals surface area contributed by atoms with Crippen molar-refractivity contribution in [1.82, 2.24) is 26.2 Å². The normalized spacial score (nSPS) is 18.7. The lowest BCUT2D eigenvalue weighted by atomic mass is 9.83. The molecule has 2 heterocycles. The molecule has 2 fully saturated rings. The lowest BCUT2D eigenvalue weighted by Crippen LogP contribution is -2.58. The lowest BCUT2D eigenvalue weighted by molar-refractivity contribution is -0.143. The van der Waals surface area contributed by atoms with Crippen molar-refractivity contribution in [3.8, 4) is 11.5 Å². The number of nitrogens with two attached hydrogens (primary N) is 1. The maximum Gasteiger partial charge on any atom is 0.339 e. The Labute approximate surface area is 364 Å². The second-order valence-corrected chi connectivity index (χ2v) is 16.6. The van der Waals surface area contributed by atoms with E-state index in [0.29, 0.717) is 31.4 Å². The summed E-state index contributed by atoms with van der Waals surface area (Å²) in [4.78, 5) is 107. The number of ketones is 1. The number of carbonyl (C=O) groups is 8. The van der Waals surface area contributed by atoms with Crippen LogP contribution in [-0.2, 0) is 33.5 Å². The van der Waals surface area contributed by atoms with Crippen LogP contribution in [0.1, 0.15) is 111 Å². The average molecular weight is 907 g/mol. The first-order chi connectivity index (χ1) is 30.1. The minimum absolute atomic E-state index is 0.0826. The van der Waals surface area contributed by atoms with E-state index in [0.717, 1.165) is 11.3 Å². The second kappa shape index (κ2) is 20.5. The molecular weight excluding hydrogens is 856 g/mol. The number of carboxylic acid groups (broad SMARTS) is 1. The molecule has 5 rings (SSSR count). The van der Waals surface area contributed by atoms with Crippen molar-refractivity contribution >= 4 is 47.2 Å². The van der Waals surface area contributed by atoms with E-state index in [4.69, 9.17) is 19.9 Å². The van der Waals surface area contributed by atoms with E-state index >= 15 is 4.39 Å². The summed E-state index contributed by atoms with van der Waals surface area (Å²) in [7, 11) is 0. The van der Waals surface area contributed by atoms with Crippen molar-refractivity contribution in [2.75, 3.05) is 19.9 Å². The molecule has 1 saturated heterocycles. The van der Waals surface area contributed by atoms with Crippen molar-refractivity contribution < 1.29 is 75.2 Å². The van der Waals surface area contributed by atoms with Gasteiger partial charge in [0.05, 0.1) is 29.9 Å². The number of carbonyl (C=O) groups excluding carboxylic acids is 7. The molecule has 1 aliphatic carbocycles. The molecule has 2 aliphatic heterocycles. The first-order valence-corrected chi connectivity index (χ1v) is 20.6. The summed E-state index contributed by atoms with van der Waals surface area (Å²) in [6, 6.07) is -1.35. The molecule has 0 aromatic heterocycles. The van der Waals surface area contributed by atoms with Gasteiger partial charge in [0, 0.05) is 18.5 Å². The number of hydrogen-bond donors (Lipinski definition) is 6. The van der Waals surface area contributed by atoms with E-state index in [1.807, 2.05) is 0 Å². The Bertz CT molecular complexity index is 2200. The number of carboxylic acids is 1. The smallest absolute Gasteiger partial charge is 0.339 e. The monoisotopic (exact) mass is 906 g/mol. The van der Waals surface area contributed by atoms with E-state index in [9.17, 15) is 56.6 Å². The molecule has 64 heavy (non-hydrogen) atoms. The number of rotatable bonds is 17. The van der Waals surface area contributed by atoms with Gasteiger partial charge in [0.15, 0.2) is 34.8 Å². The topological polar surface area (TPSA) is 262 Å². The summed E-state index contributed by atoms with van der Waals surface area (Å²) >= 11 is 0. The van der Waals surface area contributed by atoms with Crippen LogP contribution >= 0.6 is 0 Å². The fraction of sp³-hybridized carbons (Fsp3) is 0.524. The number of ether oxygens (including phenoxy) is 3. The van der Waals surface area contributed by atoms with Crippen LogP contribution in [0.3, 0.4) is 0 Å². The van der Waals surface area contributed by atoms with Crippen molar-refractivity contribution in [1.29, 1.82) is 0 Å². The number of primary amides is 1. The summed E-state index contributed by atoms with van der Waals surface area (Å²) in [6.07, 6.45) is 1.69. The predicted molar refractivity (Wildman–Crippen MR) is 213 cm³/mol. The Hall–Kier alpha value is -6.32. The molecule has 2 aromatic rings. The largest absolute Gasteiger partial charge is 0.478 e. The maximum atomic E-state index is 15.1. The van der Waals surface area contributed by atoms with Gasteiger partial charge in [0.25, 0.3) is 11.8 Å². The molecule has 6 amide bonds. The van der Waals surface area contributed by atoms with Crippen LogP contribution in [0, 0.1) is 29.2 Å². The third-order valence-electron chi connectivity index (χ3n) is 10.9. The predicted octanol–water partition coefficient (Wildman–Crippen LogP) is 2.45. The fourth-order valence-corrected chi connectivity index (χ4v) is 8.09. The Balaban J connectivity index is 1.35. The van der Waals surface area contributed by atoms with E-state index < -0.39 is 130 Å². The van der Waals surface area contributed by atoms with Gasteiger partial charge in [-0.1, -0.05) is 44.7 Å². The number of aromatic carboxylic acids is 1. The molecule has 0 bridgehead atoms. The highest BCUT2D eigenvalue weighted by molar-refractivity contribution is 6.38. The summed E-state index contributed by atoms with van der Waals surface area (Å²) in [5, 5.41) is 18.8. The van der Waals surface area contributed by atoms with Crippen molar-refractivity contribution in [2.45, 2.75) is 115 Å². The van der Waals surface area contributed by atoms with Crippen molar-refractivity contribution in [3.05, 3.63) is 58.2 Å². The van der Waals surface area contributed by atoms with Crippen LogP contribution in [-0.4, -0.2) is 107 Å². The third-order valence-corrected chi connectivity index (χ3v) is 10.9. The van der Waals surface area contributed by atoms with Crippen LogP contribution in [0.4, 0.5) is 17.6 Å². The Kier molecular flexibility index (Phi) is 15.6. The molecule has 2 aromatic carbocycles. The van der Waals surface area contributed by atoms with Crippen molar-refractivity contribution in [3.63, 3.8) is 0 Å². The summed E-state index contributed by atoms with van der Waals surface area (Å²) in [5.74, 6) is -20.0. The van der Waals surface area contributed by atoms with Crippen LogP contribution in [0.25, 0.3) is 0 Å². The number of para-hydroxylation sites is 1. The zero-order valence-electron chi connectivity index (χ0n) is 35.4. The molecule has 18 nitrogen and oxygen atoms in total. The molecule has 348 valence electrons. The molecule has 2 unspecified atom stereocenters. The molecule has 7 N–H and O–H groups in total. The summed E-state index contributed by atoms with van der Waals surface area (Å²) < 4.78 is 75.1. The zero-order chi connectivity index (χ0) is 47.2. The number of hydrogen-bond acceptors (Lipinski definition) is 11. The Morgan fingerprint density at radius 3 is 2.17 bits per heavy atom. The van der Waals surface area contributed by atoms with E-state index in [1.165, 1.54) is 6.07 Å². The number of nitrogens with zero attached hydrogens (tertiary/aromatic N) is 1. The molecule has 0 spiro atoms. The minimum atomic E-state index is -2.46. The molecule has 1 saturated carbocycles. The number of halogens is 4. The van der Waals surface area contributed by atoms with E-state index in [-0.39, 0.29) is 43.9 Å². The Morgan fingerprint density at radius 1 is 0.906 bits per heavy atom. The zero-order valence-corrected chi connectivity index (χ0v) is 35.4. The SMILES string of the molecule is CCCC(NC(=O)[C@@H]1C[C@@H](OC(C)(C)C)CN1C(=O)[C@@H](NC(=O)c1c(F)c(F)c(F)c(F)c1C(=O)O)C1CCCCC1)C(=O)C(=O)NCC(=O)NC(C(N)=O)c1cccc2c1OCO2. The van der Waals surface area contributed by atoms with E-state index in [2.05, 4.69) is 21.3 Å². The van der Waals surface area contributed by atoms with Gasteiger partial charge in [-0.25, -0.2) is 22.4 Å². The van der Waals surface area contributed by atoms with Gasteiger partial charge in [-0.2, -0.15) is 0 Å².